The molecule has 7 rings (SSSR count). The Morgan fingerprint density at radius 1 is 0.710 bits per heavy atom. The van der Waals surface area contributed by atoms with Crippen LogP contribution in [-0.4, -0.2) is 122 Å². The number of esters is 3. The third kappa shape index (κ3) is 9.52. The van der Waals surface area contributed by atoms with Gasteiger partial charge in [0.15, 0.2) is 41.7 Å². The van der Waals surface area contributed by atoms with E-state index in [4.69, 9.17) is 33.2 Å². The van der Waals surface area contributed by atoms with Crippen molar-refractivity contribution in [1.82, 2.24) is 19.5 Å². The van der Waals surface area contributed by atoms with E-state index >= 15 is 0 Å². The molecule has 2 amide bonds. The number of anilines is 1. The van der Waals surface area contributed by atoms with Gasteiger partial charge in [-0.1, -0.05) is 66.7 Å². The molecule has 2 aromatic heterocycles. The molecule has 2 aliphatic rings. The molecule has 0 saturated carbocycles. The van der Waals surface area contributed by atoms with Gasteiger partial charge in [0, 0.05) is 31.9 Å². The molecule has 0 aliphatic carbocycles. The lowest BCUT2D eigenvalue weighted by molar-refractivity contribution is -0.330. The van der Waals surface area contributed by atoms with Crippen molar-refractivity contribution in [3.05, 3.63) is 120 Å². The minimum absolute atomic E-state index is 0.000758. The standard InChI is InChI=1S/C43H43N5O14/c1-24(50)56-21-31-35(58-25(2)51)36(59-26(3)52)37(57-20-27-13-7-4-8-14-27)43(61-31)62-34-30(19-49)60-42(33(34)53)47-23-46-32-38(47)44-22-45-39(32)48(40(54)28-15-9-5-10-16-28)41(55)29-17-11-6-12-18-29/h4-18,22-23,30-31,33-37,42-43,49,53H,19-21H2,1-3H3/t30-,31-,33-,34-,35-,36+,37-,42-,43-/m1/s1. The molecule has 2 aliphatic heterocycles. The summed E-state index contributed by atoms with van der Waals surface area (Å²) in [6.07, 6.45) is -10.1. The van der Waals surface area contributed by atoms with E-state index in [-0.39, 0.29) is 34.7 Å². The molecular formula is C43H43N5O14. The normalized spacial score (nSPS) is 24.6. The van der Waals surface area contributed by atoms with Gasteiger partial charge >= 0.3 is 17.9 Å². The summed E-state index contributed by atoms with van der Waals surface area (Å²) >= 11 is 0. The van der Waals surface area contributed by atoms with E-state index in [2.05, 4.69) is 15.0 Å². The molecule has 2 fully saturated rings. The van der Waals surface area contributed by atoms with Crippen LogP contribution in [0.2, 0.25) is 0 Å². The number of rotatable bonds is 14. The van der Waals surface area contributed by atoms with Gasteiger partial charge in [-0.2, -0.15) is 0 Å². The zero-order chi connectivity index (χ0) is 43.9. The maximum Gasteiger partial charge on any atom is 0.303 e. The highest BCUT2D eigenvalue weighted by atomic mass is 16.7. The van der Waals surface area contributed by atoms with Crippen LogP contribution in [0, 0.1) is 0 Å². The van der Waals surface area contributed by atoms with Crippen molar-refractivity contribution in [3.8, 4) is 0 Å². The van der Waals surface area contributed by atoms with E-state index in [0.29, 0.717) is 5.56 Å². The minimum Gasteiger partial charge on any atom is -0.463 e. The van der Waals surface area contributed by atoms with Crippen molar-refractivity contribution < 1.29 is 67.3 Å². The number of aliphatic hydroxyl groups is 2. The number of aromatic nitrogens is 4. The lowest BCUT2D eigenvalue weighted by atomic mass is 9.97. The molecule has 2 N–H and O–H groups in total. The zero-order valence-corrected chi connectivity index (χ0v) is 33.7. The molecule has 4 heterocycles. The fourth-order valence-corrected chi connectivity index (χ4v) is 7.24. The van der Waals surface area contributed by atoms with Gasteiger partial charge in [0.05, 0.1) is 19.5 Å². The van der Waals surface area contributed by atoms with E-state index in [1.807, 2.05) is 6.07 Å². The highest BCUT2D eigenvalue weighted by Crippen LogP contribution is 2.38. The van der Waals surface area contributed by atoms with Crippen molar-refractivity contribution in [2.75, 3.05) is 18.1 Å². The van der Waals surface area contributed by atoms with Gasteiger partial charge in [-0.15, -0.1) is 0 Å². The Morgan fingerprint density at radius 3 is 1.89 bits per heavy atom. The molecule has 0 spiro atoms. The number of carbonyl (C=O) groups excluding carboxylic acids is 5. The van der Waals surface area contributed by atoms with Crippen molar-refractivity contribution in [1.29, 1.82) is 0 Å². The second-order valence-corrected chi connectivity index (χ2v) is 14.3. The van der Waals surface area contributed by atoms with E-state index < -0.39 is 98.2 Å². The summed E-state index contributed by atoms with van der Waals surface area (Å²) in [4.78, 5) is 79.0. The molecule has 5 aromatic rings. The first-order valence-electron chi connectivity index (χ1n) is 19.5. The Bertz CT molecular complexity index is 2320. The summed E-state index contributed by atoms with van der Waals surface area (Å²) in [6.45, 7) is 2.24. The van der Waals surface area contributed by atoms with Gasteiger partial charge in [-0.05, 0) is 29.8 Å². The topological polar surface area (TPSA) is 237 Å². The fourth-order valence-electron chi connectivity index (χ4n) is 7.24. The summed E-state index contributed by atoms with van der Waals surface area (Å²) in [5.41, 5.74) is 1.15. The van der Waals surface area contributed by atoms with Crippen molar-refractivity contribution in [2.24, 2.45) is 0 Å². The van der Waals surface area contributed by atoms with Crippen LogP contribution in [0.25, 0.3) is 11.2 Å². The van der Waals surface area contributed by atoms with Gasteiger partial charge in [0.2, 0.25) is 0 Å². The van der Waals surface area contributed by atoms with Crippen LogP contribution in [0.5, 0.6) is 0 Å². The van der Waals surface area contributed by atoms with Crippen molar-refractivity contribution in [3.63, 3.8) is 0 Å². The summed E-state index contributed by atoms with van der Waals surface area (Å²) in [6, 6.07) is 25.3. The van der Waals surface area contributed by atoms with Gasteiger partial charge in [-0.3, -0.25) is 28.5 Å². The Morgan fingerprint density at radius 2 is 1.31 bits per heavy atom. The monoisotopic (exact) mass is 853 g/mol. The zero-order valence-electron chi connectivity index (χ0n) is 33.7. The number of imide groups is 1. The molecule has 62 heavy (non-hydrogen) atoms. The quantitative estimate of drug-likeness (QED) is 0.0928. The van der Waals surface area contributed by atoms with Crippen molar-refractivity contribution >= 4 is 46.7 Å². The van der Waals surface area contributed by atoms with Crippen LogP contribution in [0.3, 0.4) is 0 Å². The number of ether oxygens (including phenoxy) is 7. The summed E-state index contributed by atoms with van der Waals surface area (Å²) in [5.74, 6) is -3.74. The van der Waals surface area contributed by atoms with Crippen LogP contribution in [0.1, 0.15) is 53.3 Å². The predicted octanol–water partition coefficient (Wildman–Crippen LogP) is 2.69. The number of hydrogen-bond donors (Lipinski definition) is 2. The highest BCUT2D eigenvalue weighted by molar-refractivity contribution is 6.27. The highest BCUT2D eigenvalue weighted by Gasteiger charge is 2.55. The molecule has 0 bridgehead atoms. The number of imidazole rings is 1. The van der Waals surface area contributed by atoms with Crippen LogP contribution >= 0.6 is 0 Å². The summed E-state index contributed by atoms with van der Waals surface area (Å²) < 4.78 is 43.0. The summed E-state index contributed by atoms with van der Waals surface area (Å²) in [5, 5.41) is 22.6. The number of hydrogen-bond acceptors (Lipinski definition) is 17. The van der Waals surface area contributed by atoms with E-state index in [0.717, 1.165) is 25.1 Å². The van der Waals surface area contributed by atoms with Gasteiger partial charge in [-0.25, -0.2) is 19.9 Å². The van der Waals surface area contributed by atoms with E-state index in [9.17, 15) is 34.2 Å². The molecular weight excluding hydrogens is 810 g/mol. The predicted molar refractivity (Wildman–Crippen MR) is 213 cm³/mol. The number of fused-ring (bicyclic) bond motifs is 1. The maximum absolute atomic E-state index is 14.0. The molecule has 0 unspecified atom stereocenters. The largest absolute Gasteiger partial charge is 0.463 e. The van der Waals surface area contributed by atoms with Crippen LogP contribution in [0.15, 0.2) is 104 Å². The average molecular weight is 854 g/mol. The lowest BCUT2D eigenvalue weighted by Crippen LogP contribution is -2.63. The fraction of sp³-hybridized carbons (Fsp3) is 0.349. The number of nitrogens with zero attached hydrogens (tertiary/aromatic N) is 5. The second-order valence-electron chi connectivity index (χ2n) is 14.3. The smallest absolute Gasteiger partial charge is 0.303 e. The third-order valence-electron chi connectivity index (χ3n) is 9.99. The molecule has 19 heteroatoms. The lowest BCUT2D eigenvalue weighted by Gasteiger charge is -2.45. The van der Waals surface area contributed by atoms with Crippen LogP contribution in [-0.2, 0) is 54.1 Å². The second kappa shape index (κ2) is 19.5. The van der Waals surface area contributed by atoms with Gasteiger partial charge < -0.3 is 43.4 Å². The first kappa shape index (κ1) is 43.6. The Hall–Kier alpha value is -6.48. The maximum atomic E-state index is 14.0. The molecule has 9 atom stereocenters. The van der Waals surface area contributed by atoms with E-state index in [1.54, 1.807) is 84.9 Å². The molecule has 19 nitrogen and oxygen atoms in total. The third-order valence-corrected chi connectivity index (χ3v) is 9.99. The van der Waals surface area contributed by atoms with Gasteiger partial charge in [0.1, 0.15) is 43.5 Å². The Kier molecular flexibility index (Phi) is 13.7. The minimum atomic E-state index is -1.61. The first-order chi connectivity index (χ1) is 29.9. The number of carbonyl (C=O) groups is 5. The number of benzene rings is 3. The Balaban J connectivity index is 1.23. The molecule has 324 valence electrons. The van der Waals surface area contributed by atoms with Gasteiger partial charge in [0.25, 0.3) is 11.8 Å². The summed E-state index contributed by atoms with van der Waals surface area (Å²) in [7, 11) is 0. The van der Waals surface area contributed by atoms with Crippen LogP contribution < -0.4 is 4.90 Å². The van der Waals surface area contributed by atoms with Crippen molar-refractivity contribution in [2.45, 2.75) is 82.6 Å². The molecule has 0 radical (unpaired) electrons. The number of aliphatic hydroxyl groups excluding tert-OH is 2. The van der Waals surface area contributed by atoms with Crippen LogP contribution in [0.4, 0.5) is 5.82 Å². The Labute approximate surface area is 354 Å². The molecule has 2 saturated heterocycles. The first-order valence-corrected chi connectivity index (χ1v) is 19.5. The SMILES string of the molecule is CC(=O)OC[C@H]1O[C@H](O[C@H]2[C@@H](O)[C@H](n3cnc4c(N(C(=O)c5ccccc5)C(=O)c5ccccc5)ncnc43)O[C@@H]2CO)[C@H](OCc2ccccc2)[C@@H](OC(C)=O)[C@@H]1OC(C)=O. The average Bonchev–Trinajstić information content (AvgIpc) is 3.84. The molecule has 3 aromatic carbocycles. The van der Waals surface area contributed by atoms with E-state index in [1.165, 1.54) is 17.8 Å². The number of amides is 2.